The third-order valence-electron chi connectivity index (χ3n) is 5.17. The molecule has 0 aliphatic carbocycles. The number of hydrogen-bond acceptors (Lipinski definition) is 8. The first-order valence-electron chi connectivity index (χ1n) is 12.8. The van der Waals surface area contributed by atoms with Crippen molar-refractivity contribution in [1.29, 1.82) is 0 Å². The highest BCUT2D eigenvalue weighted by atomic mass is 16.6. The number of nitrogens with zero attached hydrogens (tertiary/aromatic N) is 4. The Morgan fingerprint density at radius 1 is 0.806 bits per heavy atom. The average molecular weight is 518 g/mol. The molecule has 36 heavy (non-hydrogen) atoms. The van der Waals surface area contributed by atoms with E-state index >= 15 is 0 Å². The molecule has 1 N–H and O–H groups in total. The fourth-order valence-corrected chi connectivity index (χ4v) is 3.03. The van der Waals surface area contributed by atoms with E-state index in [4.69, 9.17) is 14.3 Å². The lowest BCUT2D eigenvalue weighted by Gasteiger charge is -2.35. The first-order chi connectivity index (χ1) is 16.9. The van der Waals surface area contributed by atoms with E-state index in [2.05, 4.69) is 29.0 Å². The SMILES string of the molecule is CC=O.CCN1CCN(C(=O)OC(C)(C)C)CC1.CCOC(=O)N1CCN(CC)CC1.CNC(C)=O. The van der Waals surface area contributed by atoms with E-state index in [1.807, 2.05) is 27.7 Å². The van der Waals surface area contributed by atoms with E-state index < -0.39 is 0 Å². The van der Waals surface area contributed by atoms with Crippen molar-refractivity contribution in [2.24, 2.45) is 0 Å². The van der Waals surface area contributed by atoms with Gasteiger partial charge in [0.15, 0.2) is 0 Å². The summed E-state index contributed by atoms with van der Waals surface area (Å²) in [5.74, 6) is 0.00463. The van der Waals surface area contributed by atoms with E-state index in [1.54, 1.807) is 16.8 Å². The third-order valence-corrected chi connectivity index (χ3v) is 5.17. The maximum absolute atomic E-state index is 11.7. The molecule has 11 nitrogen and oxygen atoms in total. The highest BCUT2D eigenvalue weighted by Crippen LogP contribution is 2.11. The predicted molar refractivity (Wildman–Crippen MR) is 142 cm³/mol. The van der Waals surface area contributed by atoms with Gasteiger partial charge in [0.25, 0.3) is 0 Å². The molecule has 0 unspecified atom stereocenters. The molecular weight excluding hydrogens is 466 g/mol. The molecule has 2 fully saturated rings. The summed E-state index contributed by atoms with van der Waals surface area (Å²) >= 11 is 0. The molecule has 2 heterocycles. The fourth-order valence-electron chi connectivity index (χ4n) is 3.03. The fraction of sp³-hybridized carbons (Fsp3) is 0.840. The van der Waals surface area contributed by atoms with Gasteiger partial charge < -0.3 is 39.2 Å². The van der Waals surface area contributed by atoms with Crippen LogP contribution in [0, 0.1) is 0 Å². The van der Waals surface area contributed by atoms with Crippen LogP contribution in [0.1, 0.15) is 55.4 Å². The summed E-state index contributed by atoms with van der Waals surface area (Å²) in [6.07, 6.45) is 0.400. The number of carbonyl (C=O) groups is 4. The first kappa shape index (κ1) is 35.8. The molecule has 0 aromatic rings. The van der Waals surface area contributed by atoms with E-state index in [0.29, 0.717) is 6.61 Å². The molecule has 0 radical (unpaired) electrons. The van der Waals surface area contributed by atoms with Crippen LogP contribution in [0.2, 0.25) is 0 Å². The molecule has 0 bridgehead atoms. The van der Waals surface area contributed by atoms with Crippen LogP contribution >= 0.6 is 0 Å². The van der Waals surface area contributed by atoms with Crippen molar-refractivity contribution >= 4 is 24.4 Å². The highest BCUT2D eigenvalue weighted by molar-refractivity contribution is 5.72. The Kier molecular flexibility index (Phi) is 20.6. The molecule has 2 saturated heterocycles. The van der Waals surface area contributed by atoms with Gasteiger partial charge in [-0.3, -0.25) is 4.79 Å². The smallest absolute Gasteiger partial charge is 0.410 e. The quantitative estimate of drug-likeness (QED) is 0.568. The van der Waals surface area contributed by atoms with Crippen LogP contribution in [0.4, 0.5) is 9.59 Å². The van der Waals surface area contributed by atoms with Gasteiger partial charge in [-0.2, -0.15) is 0 Å². The van der Waals surface area contributed by atoms with Crippen LogP contribution in [0.25, 0.3) is 0 Å². The van der Waals surface area contributed by atoms with Crippen LogP contribution in [-0.2, 0) is 19.1 Å². The number of piperazine rings is 2. The molecule has 0 saturated carbocycles. The molecule has 0 aromatic heterocycles. The molecule has 212 valence electrons. The normalized spacial score (nSPS) is 16.0. The van der Waals surface area contributed by atoms with Gasteiger partial charge in [-0.25, -0.2) is 9.59 Å². The molecule has 0 atom stereocenters. The second kappa shape index (κ2) is 20.8. The third kappa shape index (κ3) is 18.9. The van der Waals surface area contributed by atoms with Crippen molar-refractivity contribution in [3.8, 4) is 0 Å². The number of aldehydes is 1. The summed E-state index contributed by atoms with van der Waals surface area (Å²) in [7, 11) is 1.60. The summed E-state index contributed by atoms with van der Waals surface area (Å²) < 4.78 is 10.2. The Hall–Kier alpha value is -2.40. The van der Waals surface area contributed by atoms with Gasteiger partial charge in [0, 0.05) is 66.3 Å². The van der Waals surface area contributed by atoms with Crippen molar-refractivity contribution in [1.82, 2.24) is 24.9 Å². The molecule has 0 spiro atoms. The van der Waals surface area contributed by atoms with Crippen molar-refractivity contribution in [2.75, 3.05) is 79.1 Å². The largest absolute Gasteiger partial charge is 0.450 e. The summed E-state index contributed by atoms with van der Waals surface area (Å²) in [4.78, 5) is 49.7. The summed E-state index contributed by atoms with van der Waals surface area (Å²) in [5.41, 5.74) is -0.390. The van der Waals surface area contributed by atoms with Crippen molar-refractivity contribution < 1.29 is 28.7 Å². The molecule has 11 heteroatoms. The van der Waals surface area contributed by atoms with E-state index in [1.165, 1.54) is 13.8 Å². The zero-order chi connectivity index (χ0) is 28.1. The zero-order valence-electron chi connectivity index (χ0n) is 24.1. The maximum atomic E-state index is 11.7. The zero-order valence-corrected chi connectivity index (χ0v) is 24.1. The average Bonchev–Trinajstić information content (AvgIpc) is 2.84. The molecule has 3 amide bonds. The maximum Gasteiger partial charge on any atom is 0.410 e. The molecule has 0 aromatic carbocycles. The van der Waals surface area contributed by atoms with Gasteiger partial charge in [0.2, 0.25) is 5.91 Å². The van der Waals surface area contributed by atoms with Crippen LogP contribution in [0.5, 0.6) is 0 Å². The summed E-state index contributed by atoms with van der Waals surface area (Å²) in [6.45, 7) is 24.3. The van der Waals surface area contributed by atoms with Crippen LogP contribution in [-0.4, -0.2) is 129 Å². The van der Waals surface area contributed by atoms with Crippen LogP contribution in [0.15, 0.2) is 0 Å². The van der Waals surface area contributed by atoms with Crippen LogP contribution in [0.3, 0.4) is 0 Å². The molecule has 2 aliphatic rings. The van der Waals surface area contributed by atoms with E-state index in [9.17, 15) is 14.4 Å². The molecule has 2 aliphatic heterocycles. The standard InChI is InChI=1S/C11H22N2O2.C9H18N2O2.C3H7NO.C2H4O/c1-5-12-6-8-13(9-7-12)10(14)15-11(2,3)4;1-3-10-5-7-11(8-6-10)9(12)13-4-2;1-3(5)4-2;1-2-3/h5-9H2,1-4H3;3-8H2,1-2H3;1-2H3,(H,4,5);2H,1H3. The highest BCUT2D eigenvalue weighted by Gasteiger charge is 2.25. The minimum absolute atomic E-state index is 0.00463. The first-order valence-corrected chi connectivity index (χ1v) is 12.8. The van der Waals surface area contributed by atoms with Gasteiger partial charge in [-0.05, 0) is 47.7 Å². The lowest BCUT2D eigenvalue weighted by atomic mass is 10.2. The number of carbonyl (C=O) groups excluding carboxylic acids is 4. The van der Waals surface area contributed by atoms with E-state index in [0.717, 1.165) is 71.7 Å². The topological polar surface area (TPSA) is 112 Å². The van der Waals surface area contributed by atoms with Gasteiger partial charge >= 0.3 is 12.2 Å². The van der Waals surface area contributed by atoms with E-state index in [-0.39, 0.29) is 23.7 Å². The lowest BCUT2D eigenvalue weighted by molar-refractivity contribution is -0.118. The van der Waals surface area contributed by atoms with Gasteiger partial charge in [-0.1, -0.05) is 13.8 Å². The van der Waals surface area contributed by atoms with Crippen molar-refractivity contribution in [2.45, 2.75) is 61.0 Å². The van der Waals surface area contributed by atoms with Crippen molar-refractivity contribution in [3.63, 3.8) is 0 Å². The lowest BCUT2D eigenvalue weighted by Crippen LogP contribution is -2.49. The van der Waals surface area contributed by atoms with Gasteiger partial charge in [0.05, 0.1) is 6.61 Å². The number of amides is 3. The number of ether oxygens (including phenoxy) is 2. The number of nitrogens with one attached hydrogen (secondary N) is 1. The Morgan fingerprint density at radius 2 is 1.14 bits per heavy atom. The predicted octanol–water partition coefficient (Wildman–Crippen LogP) is 2.30. The summed E-state index contributed by atoms with van der Waals surface area (Å²) in [6, 6.07) is 0. The minimum Gasteiger partial charge on any atom is -0.450 e. The molecular formula is C25H51N5O6. The Morgan fingerprint density at radius 3 is 1.39 bits per heavy atom. The monoisotopic (exact) mass is 517 g/mol. The van der Waals surface area contributed by atoms with Gasteiger partial charge in [0.1, 0.15) is 11.9 Å². The molecule has 2 rings (SSSR count). The minimum atomic E-state index is -0.390. The Bertz CT molecular complexity index is 611. The summed E-state index contributed by atoms with van der Waals surface area (Å²) in [5, 5.41) is 2.39. The van der Waals surface area contributed by atoms with Crippen LogP contribution < -0.4 is 5.32 Å². The Labute approximate surface area is 218 Å². The van der Waals surface area contributed by atoms with Crippen molar-refractivity contribution in [3.05, 3.63) is 0 Å². The number of likely N-dealkylation sites (N-methyl/N-ethyl adjacent to an activating group) is 2. The number of hydrogen-bond donors (Lipinski definition) is 1. The second-order valence-electron chi connectivity index (χ2n) is 9.06. The Balaban J connectivity index is 0. The van der Waals surface area contributed by atoms with Gasteiger partial charge in [-0.15, -0.1) is 0 Å². The second-order valence-corrected chi connectivity index (χ2v) is 9.06. The number of rotatable bonds is 3.